The quantitative estimate of drug-likeness (QED) is 0.186. The lowest BCUT2D eigenvalue weighted by Gasteiger charge is -2.36. The van der Waals surface area contributed by atoms with Crippen LogP contribution in [0, 0.1) is 30.6 Å². The Labute approximate surface area is 204 Å². The zero-order valence-electron chi connectivity index (χ0n) is 20.7. The number of hydrogen-bond donors (Lipinski definition) is 0. The van der Waals surface area contributed by atoms with Gasteiger partial charge in [-0.05, 0) is 106 Å². The van der Waals surface area contributed by atoms with Crippen molar-refractivity contribution in [2.75, 3.05) is 0 Å². The number of benzene rings is 1. The minimum Gasteiger partial charge on any atom is -0.406 e. The van der Waals surface area contributed by atoms with Gasteiger partial charge in [0.05, 0.1) is 0 Å². The van der Waals surface area contributed by atoms with Crippen molar-refractivity contribution in [1.29, 1.82) is 0 Å². The van der Waals surface area contributed by atoms with Crippen molar-refractivity contribution in [2.45, 2.75) is 96.3 Å². The van der Waals surface area contributed by atoms with E-state index in [2.05, 4.69) is 42.9 Å². The summed E-state index contributed by atoms with van der Waals surface area (Å²) in [6.07, 6.45) is 19.4. The first-order valence-electron chi connectivity index (χ1n) is 13.3. The molecule has 0 saturated heterocycles. The topological polar surface area (TPSA) is 9.23 Å². The second-order valence-electron chi connectivity index (χ2n) is 10.3. The third-order valence-electron chi connectivity index (χ3n) is 7.86. The molecule has 3 unspecified atom stereocenters. The van der Waals surface area contributed by atoms with Crippen molar-refractivity contribution in [1.82, 2.24) is 0 Å². The maximum atomic E-state index is 12.5. The number of unbranched alkanes of at least 4 members (excludes halogenated alkanes) is 3. The zero-order valence-corrected chi connectivity index (χ0v) is 20.7. The van der Waals surface area contributed by atoms with Crippen LogP contribution in [0.3, 0.4) is 0 Å². The summed E-state index contributed by atoms with van der Waals surface area (Å²) in [5.74, 6) is 3.02. The maximum absolute atomic E-state index is 12.5. The number of ether oxygens (including phenoxy) is 1. The van der Waals surface area contributed by atoms with Crippen molar-refractivity contribution >= 4 is 0 Å². The van der Waals surface area contributed by atoms with Crippen LogP contribution in [0.4, 0.5) is 13.2 Å². The van der Waals surface area contributed by atoms with Crippen LogP contribution < -0.4 is 4.74 Å². The average Bonchev–Trinajstić information content (AvgIpc) is 2.81. The first-order valence-corrected chi connectivity index (χ1v) is 13.3. The molecule has 2 saturated carbocycles. The molecule has 0 heterocycles. The smallest absolute Gasteiger partial charge is 0.406 e. The third kappa shape index (κ3) is 8.82. The van der Waals surface area contributed by atoms with E-state index in [9.17, 15) is 13.2 Å². The molecule has 2 aliphatic rings. The molecule has 0 aromatic heterocycles. The maximum Gasteiger partial charge on any atom is 0.573 e. The molecule has 0 N–H and O–H groups in total. The molecule has 1 aromatic rings. The summed E-state index contributed by atoms with van der Waals surface area (Å²) in [7, 11) is 0. The Hall–Kier alpha value is -1.71. The van der Waals surface area contributed by atoms with Gasteiger partial charge in [0.1, 0.15) is 5.75 Å². The summed E-state index contributed by atoms with van der Waals surface area (Å²) in [6.45, 7) is 6.08. The predicted octanol–water partition coefficient (Wildman–Crippen LogP) is 9.81. The minimum absolute atomic E-state index is 0.137. The first-order chi connectivity index (χ1) is 16.4. The average molecular weight is 476 g/mol. The Balaban J connectivity index is 1.59. The van der Waals surface area contributed by atoms with E-state index in [1.165, 1.54) is 63.5 Å². The fraction of sp³-hybridized carbons (Fsp3) is 0.633. The minimum atomic E-state index is -4.64. The third-order valence-corrected chi connectivity index (χ3v) is 7.86. The predicted molar refractivity (Wildman–Crippen MR) is 135 cm³/mol. The lowest BCUT2D eigenvalue weighted by Crippen LogP contribution is -2.23. The van der Waals surface area contributed by atoms with Gasteiger partial charge in [0.2, 0.25) is 0 Å². The van der Waals surface area contributed by atoms with Crippen LogP contribution in [0.15, 0.2) is 48.6 Å². The van der Waals surface area contributed by atoms with Crippen LogP contribution >= 0.6 is 0 Å². The largest absolute Gasteiger partial charge is 0.573 e. The molecule has 0 bridgehead atoms. The highest BCUT2D eigenvalue weighted by Crippen LogP contribution is 2.43. The van der Waals surface area contributed by atoms with E-state index in [4.69, 9.17) is 0 Å². The molecule has 34 heavy (non-hydrogen) atoms. The van der Waals surface area contributed by atoms with E-state index in [0.717, 1.165) is 37.2 Å². The zero-order chi connectivity index (χ0) is 24.4. The van der Waals surface area contributed by atoms with Gasteiger partial charge >= 0.3 is 6.36 Å². The number of allylic oxidation sites excluding steroid dienone is 4. The second kappa shape index (κ2) is 13.4. The van der Waals surface area contributed by atoms with E-state index in [1.807, 2.05) is 12.1 Å². The summed E-state index contributed by atoms with van der Waals surface area (Å²) >= 11 is 0. The molecule has 3 rings (SSSR count). The molecule has 3 atom stereocenters. The van der Waals surface area contributed by atoms with Crippen LogP contribution in [-0.4, -0.2) is 6.36 Å². The van der Waals surface area contributed by atoms with Gasteiger partial charge in [-0.25, -0.2) is 0 Å². The van der Waals surface area contributed by atoms with E-state index in [1.54, 1.807) is 0 Å². The van der Waals surface area contributed by atoms with E-state index in [0.29, 0.717) is 23.7 Å². The van der Waals surface area contributed by atoms with Crippen molar-refractivity contribution in [3.05, 3.63) is 61.1 Å². The summed E-state index contributed by atoms with van der Waals surface area (Å²) < 4.78 is 41.5. The summed E-state index contributed by atoms with van der Waals surface area (Å²) in [5.41, 5.74) is 1.14. The van der Waals surface area contributed by atoms with Crippen molar-refractivity contribution in [3.63, 3.8) is 0 Å². The lowest BCUT2D eigenvalue weighted by molar-refractivity contribution is -0.274. The summed E-state index contributed by atoms with van der Waals surface area (Å²) in [4.78, 5) is 0. The molecule has 190 valence electrons. The molecule has 2 aliphatic carbocycles. The molecular formula is C30H42F3O-. The Bertz CT molecular complexity index is 756. The number of hydrogen-bond acceptors (Lipinski definition) is 1. The van der Waals surface area contributed by atoms with Gasteiger partial charge in [-0.1, -0.05) is 55.7 Å². The molecule has 0 spiro atoms. The van der Waals surface area contributed by atoms with Crippen LogP contribution in [0.2, 0.25) is 0 Å². The molecule has 1 aromatic carbocycles. The molecule has 2 fully saturated rings. The Morgan fingerprint density at radius 2 is 1.56 bits per heavy atom. The Kier molecular flexibility index (Phi) is 10.6. The highest BCUT2D eigenvalue weighted by atomic mass is 19.4. The standard InChI is InChI=1S/C30H42F3O/c1-3-5-6-7-9-27-22-28(26-18-20-29(21-19-26)34-30(31,32)33)17-16-25(27)15-14-24-12-10-23(8-4-2)11-13-24/h4,8,14-15,18-21,23-25,27-28H,1,3,5-7,9-13,16-17,22H2,2H3/q-1/b8-4+,15-14+. The highest BCUT2D eigenvalue weighted by Gasteiger charge is 2.32. The molecule has 4 heteroatoms. The number of rotatable bonds is 10. The molecule has 1 nitrogen and oxygen atoms in total. The SMILES string of the molecule is [CH2-]CCCCCC1CC(c2ccc(OC(F)(F)F)cc2)CCC1/C=C/C1CCC(/C=C/C)CC1. The summed E-state index contributed by atoms with van der Waals surface area (Å²) in [5, 5.41) is 0. The van der Waals surface area contributed by atoms with Gasteiger partial charge in [0.15, 0.2) is 0 Å². The second-order valence-corrected chi connectivity index (χ2v) is 10.3. The van der Waals surface area contributed by atoms with Crippen LogP contribution in [0.1, 0.15) is 95.5 Å². The Morgan fingerprint density at radius 1 is 0.882 bits per heavy atom. The molecule has 0 radical (unpaired) electrons. The monoisotopic (exact) mass is 475 g/mol. The number of alkyl halides is 3. The van der Waals surface area contributed by atoms with Crippen LogP contribution in [0.25, 0.3) is 0 Å². The van der Waals surface area contributed by atoms with Crippen molar-refractivity contribution in [3.8, 4) is 5.75 Å². The van der Waals surface area contributed by atoms with Crippen LogP contribution in [-0.2, 0) is 0 Å². The summed E-state index contributed by atoms with van der Waals surface area (Å²) in [6, 6.07) is 6.57. The van der Waals surface area contributed by atoms with Gasteiger partial charge < -0.3 is 11.7 Å². The fourth-order valence-corrected chi connectivity index (χ4v) is 5.98. The van der Waals surface area contributed by atoms with E-state index < -0.39 is 6.36 Å². The van der Waals surface area contributed by atoms with Gasteiger partial charge in [-0.15, -0.1) is 13.2 Å². The number of halogens is 3. The van der Waals surface area contributed by atoms with Crippen LogP contribution in [0.5, 0.6) is 5.75 Å². The lowest BCUT2D eigenvalue weighted by atomic mass is 9.69. The van der Waals surface area contributed by atoms with Crippen molar-refractivity contribution in [2.24, 2.45) is 23.7 Å². The van der Waals surface area contributed by atoms with Gasteiger partial charge in [-0.2, -0.15) is 6.42 Å². The molecular weight excluding hydrogens is 433 g/mol. The van der Waals surface area contributed by atoms with E-state index in [-0.39, 0.29) is 5.75 Å². The first kappa shape index (κ1) is 26.9. The van der Waals surface area contributed by atoms with Gasteiger partial charge in [0.25, 0.3) is 0 Å². The molecule has 0 aliphatic heterocycles. The van der Waals surface area contributed by atoms with Crippen molar-refractivity contribution < 1.29 is 17.9 Å². The van der Waals surface area contributed by atoms with Gasteiger partial charge in [0, 0.05) is 0 Å². The van der Waals surface area contributed by atoms with Gasteiger partial charge in [-0.3, -0.25) is 0 Å². The highest BCUT2D eigenvalue weighted by molar-refractivity contribution is 5.30. The Morgan fingerprint density at radius 3 is 2.18 bits per heavy atom. The van der Waals surface area contributed by atoms with E-state index >= 15 is 0 Å². The normalized spacial score (nSPS) is 28.6. The molecule has 0 amide bonds. The fourth-order valence-electron chi connectivity index (χ4n) is 5.98.